The molecule has 0 radical (unpaired) electrons. The van der Waals surface area contributed by atoms with Gasteiger partial charge in [-0.2, -0.15) is 0 Å². The van der Waals surface area contributed by atoms with Crippen LogP contribution >= 0.6 is 0 Å². The van der Waals surface area contributed by atoms with Crippen LogP contribution < -0.4 is 5.32 Å². The molecule has 1 saturated heterocycles. The monoisotopic (exact) mass is 395 g/mol. The van der Waals surface area contributed by atoms with Gasteiger partial charge in [0.05, 0.1) is 5.41 Å². The summed E-state index contributed by atoms with van der Waals surface area (Å²) in [6.07, 6.45) is 7.75. The van der Waals surface area contributed by atoms with Crippen LogP contribution in [0.25, 0.3) is 11.3 Å². The van der Waals surface area contributed by atoms with E-state index in [0.717, 1.165) is 42.9 Å². The second-order valence-electron chi connectivity index (χ2n) is 8.87. The predicted octanol–water partition coefficient (Wildman–Crippen LogP) is 4.35. The Bertz CT molecular complexity index is 823. The van der Waals surface area contributed by atoms with Crippen LogP contribution in [-0.2, 0) is 11.2 Å². The molecule has 1 saturated carbocycles. The minimum absolute atomic E-state index is 0.163. The molecule has 0 unspecified atom stereocenters. The Hall–Kier alpha value is -2.14. The maximum absolute atomic E-state index is 13.2. The maximum Gasteiger partial charge on any atom is 0.227 e. The average Bonchev–Trinajstić information content (AvgIpc) is 3.41. The topological polar surface area (TPSA) is 58.4 Å². The SMILES string of the molecule is CCNC(=O)[C@]1(Cc2cc(-c3ccc(C)cc3)no2)CCCN(C2CCCC2)C1. The number of hydrogen-bond donors (Lipinski definition) is 1. The zero-order valence-corrected chi connectivity index (χ0v) is 17.7. The number of nitrogens with zero attached hydrogens (tertiary/aromatic N) is 2. The molecule has 29 heavy (non-hydrogen) atoms. The normalized spacial score (nSPS) is 23.4. The Morgan fingerprint density at radius 3 is 2.72 bits per heavy atom. The Labute approximate surface area is 173 Å². The maximum atomic E-state index is 13.2. The van der Waals surface area contributed by atoms with Gasteiger partial charge in [0, 0.05) is 37.2 Å². The van der Waals surface area contributed by atoms with Crippen LogP contribution in [0, 0.1) is 12.3 Å². The number of carbonyl (C=O) groups excluding carboxylic acids is 1. The van der Waals surface area contributed by atoms with Crippen molar-refractivity contribution in [3.8, 4) is 11.3 Å². The van der Waals surface area contributed by atoms with Crippen molar-refractivity contribution < 1.29 is 9.32 Å². The highest BCUT2D eigenvalue weighted by Gasteiger charge is 2.44. The molecule has 5 nitrogen and oxygen atoms in total. The molecule has 1 aromatic carbocycles. The van der Waals surface area contributed by atoms with Crippen molar-refractivity contribution in [2.24, 2.45) is 5.41 Å². The first-order valence-corrected chi connectivity index (χ1v) is 11.1. The number of likely N-dealkylation sites (tertiary alicyclic amines) is 1. The lowest BCUT2D eigenvalue weighted by atomic mass is 9.75. The number of nitrogens with one attached hydrogen (secondary N) is 1. The van der Waals surface area contributed by atoms with E-state index in [0.29, 0.717) is 19.0 Å². The molecule has 5 heteroatoms. The third kappa shape index (κ3) is 4.40. The third-order valence-electron chi connectivity index (χ3n) is 6.69. The second-order valence-corrected chi connectivity index (χ2v) is 8.87. The van der Waals surface area contributed by atoms with Crippen molar-refractivity contribution in [3.63, 3.8) is 0 Å². The van der Waals surface area contributed by atoms with Gasteiger partial charge in [-0.3, -0.25) is 9.69 Å². The molecule has 1 aromatic heterocycles. The van der Waals surface area contributed by atoms with Crippen molar-refractivity contribution in [2.45, 2.75) is 64.8 Å². The molecule has 4 rings (SSSR count). The van der Waals surface area contributed by atoms with Crippen LogP contribution in [-0.4, -0.2) is 41.6 Å². The molecule has 1 aliphatic carbocycles. The lowest BCUT2D eigenvalue weighted by molar-refractivity contribution is -0.135. The van der Waals surface area contributed by atoms with Crippen LogP contribution in [0.4, 0.5) is 0 Å². The molecule has 1 atom stereocenters. The summed E-state index contributed by atoms with van der Waals surface area (Å²) in [5, 5.41) is 7.40. The molecule has 2 aromatic rings. The summed E-state index contributed by atoms with van der Waals surface area (Å²) >= 11 is 0. The van der Waals surface area contributed by atoms with E-state index in [2.05, 4.69) is 46.6 Å². The Balaban J connectivity index is 1.56. The van der Waals surface area contributed by atoms with Crippen molar-refractivity contribution in [3.05, 3.63) is 41.7 Å². The van der Waals surface area contributed by atoms with Crippen molar-refractivity contribution in [1.29, 1.82) is 0 Å². The van der Waals surface area contributed by atoms with E-state index in [1.807, 2.05) is 13.0 Å². The van der Waals surface area contributed by atoms with Gasteiger partial charge in [0.1, 0.15) is 11.5 Å². The van der Waals surface area contributed by atoms with Gasteiger partial charge in [0.15, 0.2) is 0 Å². The number of hydrogen-bond acceptors (Lipinski definition) is 4. The van der Waals surface area contributed by atoms with Gasteiger partial charge in [-0.15, -0.1) is 0 Å². The number of aromatic nitrogens is 1. The minimum Gasteiger partial charge on any atom is -0.361 e. The van der Waals surface area contributed by atoms with Crippen molar-refractivity contribution in [2.75, 3.05) is 19.6 Å². The number of amides is 1. The van der Waals surface area contributed by atoms with Crippen LogP contribution in [0.3, 0.4) is 0 Å². The molecular weight excluding hydrogens is 362 g/mol. The highest BCUT2D eigenvalue weighted by molar-refractivity contribution is 5.83. The quantitative estimate of drug-likeness (QED) is 0.790. The molecule has 1 amide bonds. The van der Waals surface area contributed by atoms with Crippen LogP contribution in [0.15, 0.2) is 34.9 Å². The lowest BCUT2D eigenvalue weighted by Crippen LogP contribution is -2.55. The van der Waals surface area contributed by atoms with Gasteiger partial charge in [-0.1, -0.05) is 47.8 Å². The first kappa shape index (κ1) is 20.1. The van der Waals surface area contributed by atoms with E-state index in [4.69, 9.17) is 4.52 Å². The van der Waals surface area contributed by atoms with Gasteiger partial charge in [0.25, 0.3) is 0 Å². The summed E-state index contributed by atoms with van der Waals surface area (Å²) in [6, 6.07) is 11.0. The largest absolute Gasteiger partial charge is 0.361 e. The van der Waals surface area contributed by atoms with Gasteiger partial charge in [-0.05, 0) is 46.1 Å². The fourth-order valence-corrected chi connectivity index (χ4v) is 5.10. The minimum atomic E-state index is -0.430. The summed E-state index contributed by atoms with van der Waals surface area (Å²) in [7, 11) is 0. The van der Waals surface area contributed by atoms with E-state index in [-0.39, 0.29) is 5.91 Å². The number of carbonyl (C=O) groups is 1. The highest BCUT2D eigenvalue weighted by Crippen LogP contribution is 2.38. The Morgan fingerprint density at radius 2 is 2.00 bits per heavy atom. The third-order valence-corrected chi connectivity index (χ3v) is 6.69. The fourth-order valence-electron chi connectivity index (χ4n) is 5.10. The predicted molar refractivity (Wildman–Crippen MR) is 115 cm³/mol. The van der Waals surface area contributed by atoms with Gasteiger partial charge >= 0.3 is 0 Å². The smallest absolute Gasteiger partial charge is 0.227 e. The number of rotatable bonds is 6. The summed E-state index contributed by atoms with van der Waals surface area (Å²) < 4.78 is 5.72. The molecule has 0 spiro atoms. The summed E-state index contributed by atoms with van der Waals surface area (Å²) in [6.45, 7) is 6.66. The Morgan fingerprint density at radius 1 is 1.24 bits per heavy atom. The number of benzene rings is 1. The van der Waals surface area contributed by atoms with Crippen molar-refractivity contribution >= 4 is 5.91 Å². The number of piperidine rings is 1. The molecule has 2 heterocycles. The molecule has 2 aliphatic rings. The lowest BCUT2D eigenvalue weighted by Gasteiger charge is -2.43. The Kier molecular flexibility index (Phi) is 6.04. The first-order valence-electron chi connectivity index (χ1n) is 11.1. The summed E-state index contributed by atoms with van der Waals surface area (Å²) in [4.78, 5) is 15.8. The number of aryl methyl sites for hydroxylation is 1. The molecular formula is C24H33N3O2. The molecule has 1 aliphatic heterocycles. The highest BCUT2D eigenvalue weighted by atomic mass is 16.5. The van der Waals surface area contributed by atoms with Gasteiger partial charge in [0.2, 0.25) is 5.91 Å². The second kappa shape index (κ2) is 8.70. The van der Waals surface area contributed by atoms with E-state index < -0.39 is 5.41 Å². The van der Waals surface area contributed by atoms with Gasteiger partial charge < -0.3 is 9.84 Å². The van der Waals surface area contributed by atoms with E-state index >= 15 is 0 Å². The molecule has 1 N–H and O–H groups in total. The fraction of sp³-hybridized carbons (Fsp3) is 0.583. The summed E-state index contributed by atoms with van der Waals surface area (Å²) in [5.74, 6) is 0.969. The van der Waals surface area contributed by atoms with Crippen LogP contribution in [0.1, 0.15) is 56.8 Å². The van der Waals surface area contributed by atoms with E-state index in [9.17, 15) is 4.79 Å². The average molecular weight is 396 g/mol. The summed E-state index contributed by atoms with van der Waals surface area (Å²) in [5.41, 5.74) is 2.69. The van der Waals surface area contributed by atoms with Crippen molar-refractivity contribution in [1.82, 2.24) is 15.4 Å². The van der Waals surface area contributed by atoms with Crippen LogP contribution in [0.5, 0.6) is 0 Å². The standard InChI is InChI=1S/C24H33N3O2/c1-3-25-23(28)24(13-6-14-27(17-24)20-7-4-5-8-20)16-21-15-22(26-29-21)19-11-9-18(2)10-12-19/h9-12,15,20H,3-8,13-14,16-17H2,1-2H3,(H,25,28)/t24-/m0/s1. The van der Waals surface area contributed by atoms with E-state index in [1.54, 1.807) is 0 Å². The molecule has 0 bridgehead atoms. The van der Waals surface area contributed by atoms with Gasteiger partial charge in [-0.25, -0.2) is 0 Å². The van der Waals surface area contributed by atoms with E-state index in [1.165, 1.54) is 31.2 Å². The zero-order chi connectivity index (χ0) is 20.3. The zero-order valence-electron chi connectivity index (χ0n) is 17.7. The first-order chi connectivity index (χ1) is 14.1. The molecule has 156 valence electrons. The molecule has 2 fully saturated rings. The van der Waals surface area contributed by atoms with Crippen LogP contribution in [0.2, 0.25) is 0 Å².